The standard InChI is InChI=1S/C18H19N3O4/c1-12(22)19-11-10-13-6-8-14(9-7-13)17(24)20-21-18(25)15-4-2-3-5-16(15)23/h2-9,23H,10-11H2,1H3,(H,19,22)(H,20,24)(H,21,25). The van der Waals surface area contributed by atoms with Gasteiger partial charge in [-0.3, -0.25) is 25.2 Å². The van der Waals surface area contributed by atoms with Gasteiger partial charge in [-0.25, -0.2) is 0 Å². The van der Waals surface area contributed by atoms with Crippen molar-refractivity contribution in [1.82, 2.24) is 16.2 Å². The summed E-state index contributed by atoms with van der Waals surface area (Å²) in [6, 6.07) is 12.9. The first-order valence-corrected chi connectivity index (χ1v) is 7.69. The fourth-order valence-electron chi connectivity index (χ4n) is 2.12. The summed E-state index contributed by atoms with van der Waals surface area (Å²) in [6.07, 6.45) is 0.658. The molecule has 0 fully saturated rings. The SMILES string of the molecule is CC(=O)NCCc1ccc(C(=O)NNC(=O)c2ccccc2O)cc1. The van der Waals surface area contributed by atoms with Crippen molar-refractivity contribution >= 4 is 17.7 Å². The van der Waals surface area contributed by atoms with E-state index < -0.39 is 11.8 Å². The lowest BCUT2D eigenvalue weighted by atomic mass is 10.1. The largest absolute Gasteiger partial charge is 0.507 e. The molecule has 0 heterocycles. The van der Waals surface area contributed by atoms with E-state index in [4.69, 9.17) is 0 Å². The molecule has 4 N–H and O–H groups in total. The summed E-state index contributed by atoms with van der Waals surface area (Å²) in [6.45, 7) is 1.98. The molecule has 2 aromatic rings. The number of rotatable bonds is 5. The number of amides is 3. The van der Waals surface area contributed by atoms with E-state index in [9.17, 15) is 19.5 Å². The van der Waals surface area contributed by atoms with Crippen LogP contribution < -0.4 is 16.2 Å². The lowest BCUT2D eigenvalue weighted by Crippen LogP contribution is -2.41. The third-order valence-corrected chi connectivity index (χ3v) is 3.44. The number of para-hydroxylation sites is 1. The quantitative estimate of drug-likeness (QED) is 0.612. The molecule has 25 heavy (non-hydrogen) atoms. The van der Waals surface area contributed by atoms with Crippen LogP contribution in [0.2, 0.25) is 0 Å². The predicted octanol–water partition coefficient (Wildman–Crippen LogP) is 1.15. The minimum atomic E-state index is -0.613. The van der Waals surface area contributed by atoms with Crippen LogP contribution in [0.15, 0.2) is 48.5 Å². The van der Waals surface area contributed by atoms with E-state index in [1.54, 1.807) is 36.4 Å². The van der Waals surface area contributed by atoms with Crippen molar-refractivity contribution in [2.24, 2.45) is 0 Å². The Kier molecular flexibility index (Phi) is 6.11. The average molecular weight is 341 g/mol. The van der Waals surface area contributed by atoms with Gasteiger partial charge in [0.05, 0.1) is 5.56 Å². The molecule has 0 aromatic heterocycles. The minimum Gasteiger partial charge on any atom is -0.507 e. The lowest BCUT2D eigenvalue weighted by molar-refractivity contribution is -0.118. The normalized spacial score (nSPS) is 9.96. The molecule has 0 aliphatic heterocycles. The Balaban J connectivity index is 1.87. The van der Waals surface area contributed by atoms with Crippen molar-refractivity contribution in [3.63, 3.8) is 0 Å². The van der Waals surface area contributed by atoms with E-state index in [-0.39, 0.29) is 17.2 Å². The van der Waals surface area contributed by atoms with Gasteiger partial charge in [-0.1, -0.05) is 24.3 Å². The molecule has 0 unspecified atom stereocenters. The summed E-state index contributed by atoms with van der Waals surface area (Å²) in [5.74, 6) is -1.34. The third kappa shape index (κ3) is 5.35. The van der Waals surface area contributed by atoms with Gasteiger partial charge < -0.3 is 10.4 Å². The van der Waals surface area contributed by atoms with Crippen LogP contribution in [0.25, 0.3) is 0 Å². The number of hydrogen-bond donors (Lipinski definition) is 4. The van der Waals surface area contributed by atoms with Crippen LogP contribution in [0.5, 0.6) is 5.75 Å². The first kappa shape index (κ1) is 18.0. The fourth-order valence-corrected chi connectivity index (χ4v) is 2.12. The zero-order valence-corrected chi connectivity index (χ0v) is 13.7. The zero-order chi connectivity index (χ0) is 18.2. The maximum Gasteiger partial charge on any atom is 0.273 e. The molecule has 3 amide bonds. The summed E-state index contributed by atoms with van der Waals surface area (Å²) in [4.78, 5) is 34.8. The van der Waals surface area contributed by atoms with Crippen molar-refractivity contribution < 1.29 is 19.5 Å². The Morgan fingerprint density at radius 3 is 2.20 bits per heavy atom. The lowest BCUT2D eigenvalue weighted by Gasteiger charge is -2.09. The Labute approximate surface area is 145 Å². The number of phenols is 1. The number of aromatic hydroxyl groups is 1. The predicted molar refractivity (Wildman–Crippen MR) is 91.9 cm³/mol. The molecule has 0 aliphatic carbocycles. The molecule has 0 atom stereocenters. The van der Waals surface area contributed by atoms with E-state index in [1.165, 1.54) is 19.1 Å². The number of hydrazine groups is 1. The molecular formula is C18H19N3O4. The average Bonchev–Trinajstić information content (AvgIpc) is 2.60. The van der Waals surface area contributed by atoms with E-state index >= 15 is 0 Å². The van der Waals surface area contributed by atoms with Crippen LogP contribution in [-0.2, 0) is 11.2 Å². The van der Waals surface area contributed by atoms with Gasteiger partial charge in [0.1, 0.15) is 5.75 Å². The molecule has 2 aromatic carbocycles. The second-order valence-corrected chi connectivity index (χ2v) is 5.36. The second-order valence-electron chi connectivity index (χ2n) is 5.36. The van der Waals surface area contributed by atoms with Crippen LogP contribution in [0.4, 0.5) is 0 Å². The summed E-state index contributed by atoms with van der Waals surface area (Å²) >= 11 is 0. The number of benzene rings is 2. The van der Waals surface area contributed by atoms with Crippen LogP contribution in [0.3, 0.4) is 0 Å². The van der Waals surface area contributed by atoms with Gasteiger partial charge in [0, 0.05) is 19.0 Å². The third-order valence-electron chi connectivity index (χ3n) is 3.44. The minimum absolute atomic E-state index is 0.0659. The van der Waals surface area contributed by atoms with Gasteiger partial charge in [-0.05, 0) is 36.2 Å². The highest BCUT2D eigenvalue weighted by atomic mass is 16.3. The van der Waals surface area contributed by atoms with Gasteiger partial charge in [-0.2, -0.15) is 0 Å². The maximum absolute atomic E-state index is 12.0. The van der Waals surface area contributed by atoms with Crippen LogP contribution >= 0.6 is 0 Å². The summed E-state index contributed by atoms with van der Waals surface area (Å²) in [5.41, 5.74) is 5.97. The van der Waals surface area contributed by atoms with Gasteiger partial charge in [0.15, 0.2) is 0 Å². The van der Waals surface area contributed by atoms with Crippen LogP contribution in [0.1, 0.15) is 33.2 Å². The number of carbonyl (C=O) groups excluding carboxylic acids is 3. The summed E-state index contributed by atoms with van der Waals surface area (Å²) in [7, 11) is 0. The monoisotopic (exact) mass is 341 g/mol. The molecule has 0 saturated carbocycles. The number of nitrogens with one attached hydrogen (secondary N) is 3. The fraction of sp³-hybridized carbons (Fsp3) is 0.167. The molecule has 0 spiro atoms. The van der Waals surface area contributed by atoms with Gasteiger partial charge in [0.25, 0.3) is 11.8 Å². The zero-order valence-electron chi connectivity index (χ0n) is 13.7. The number of phenolic OH excluding ortho intramolecular Hbond substituents is 1. The van der Waals surface area contributed by atoms with E-state index in [2.05, 4.69) is 16.2 Å². The molecule has 130 valence electrons. The highest BCUT2D eigenvalue weighted by Gasteiger charge is 2.12. The van der Waals surface area contributed by atoms with Crippen molar-refractivity contribution in [2.45, 2.75) is 13.3 Å². The summed E-state index contributed by atoms with van der Waals surface area (Å²) in [5, 5.41) is 12.3. The first-order valence-electron chi connectivity index (χ1n) is 7.69. The van der Waals surface area contributed by atoms with Gasteiger partial charge in [-0.15, -0.1) is 0 Å². The molecule has 0 saturated heterocycles. The maximum atomic E-state index is 12.0. The molecule has 0 bridgehead atoms. The number of hydrogen-bond acceptors (Lipinski definition) is 4. The van der Waals surface area contributed by atoms with Gasteiger partial charge >= 0.3 is 0 Å². The Morgan fingerprint density at radius 1 is 0.920 bits per heavy atom. The summed E-state index contributed by atoms with van der Waals surface area (Å²) < 4.78 is 0. The topological polar surface area (TPSA) is 108 Å². The molecule has 2 rings (SSSR count). The van der Waals surface area contributed by atoms with Crippen LogP contribution in [0, 0.1) is 0 Å². The van der Waals surface area contributed by atoms with E-state index in [0.717, 1.165) is 5.56 Å². The van der Waals surface area contributed by atoms with Crippen molar-refractivity contribution in [3.05, 3.63) is 65.2 Å². The van der Waals surface area contributed by atoms with Crippen molar-refractivity contribution in [3.8, 4) is 5.75 Å². The molecule has 0 radical (unpaired) electrons. The van der Waals surface area contributed by atoms with Crippen LogP contribution in [-0.4, -0.2) is 29.4 Å². The highest BCUT2D eigenvalue weighted by Crippen LogP contribution is 2.14. The van der Waals surface area contributed by atoms with Gasteiger partial charge in [0.2, 0.25) is 5.91 Å². The van der Waals surface area contributed by atoms with Crippen molar-refractivity contribution in [1.29, 1.82) is 0 Å². The molecule has 0 aliphatic rings. The highest BCUT2D eigenvalue weighted by molar-refractivity contribution is 6.00. The van der Waals surface area contributed by atoms with E-state index in [0.29, 0.717) is 18.5 Å². The smallest absolute Gasteiger partial charge is 0.273 e. The molecular weight excluding hydrogens is 322 g/mol. The molecule has 7 nitrogen and oxygen atoms in total. The Morgan fingerprint density at radius 2 is 1.56 bits per heavy atom. The molecule has 7 heteroatoms. The Hall–Kier alpha value is -3.35. The number of carbonyl (C=O) groups is 3. The van der Waals surface area contributed by atoms with Crippen molar-refractivity contribution in [2.75, 3.05) is 6.54 Å². The first-order chi connectivity index (χ1) is 12.0. The Bertz CT molecular complexity index is 772. The second kappa shape index (κ2) is 8.49. The van der Waals surface area contributed by atoms with E-state index in [1.807, 2.05) is 0 Å².